The Morgan fingerprint density at radius 1 is 1.03 bits per heavy atom. The zero-order chi connectivity index (χ0) is 28.4. The molecular weight excluding hydrogens is 494 g/mol. The van der Waals surface area contributed by atoms with Crippen molar-refractivity contribution >= 4 is 29.1 Å². The molecule has 3 aromatic rings. The number of carbonyl (C=O) groups excluding carboxylic acids is 3. The Bertz CT molecular complexity index is 1450. The molecule has 202 valence electrons. The average molecular weight is 528 g/mol. The van der Waals surface area contributed by atoms with Crippen molar-refractivity contribution in [2.45, 2.75) is 53.0 Å². The minimum absolute atomic E-state index is 0.0113. The number of ketones is 1. The molecule has 1 aliphatic heterocycles. The van der Waals surface area contributed by atoms with Gasteiger partial charge in [0.15, 0.2) is 0 Å². The number of rotatable bonds is 7. The summed E-state index contributed by atoms with van der Waals surface area (Å²) in [4.78, 5) is 39.9. The quantitative estimate of drug-likeness (QED) is 0.129. The molecule has 1 unspecified atom stereocenters. The first kappa shape index (κ1) is 27.6. The van der Waals surface area contributed by atoms with E-state index in [0.717, 1.165) is 17.5 Å². The monoisotopic (exact) mass is 527 g/mol. The number of benzene rings is 3. The number of hydrogen-bond donors (Lipinski definition) is 1. The molecule has 1 saturated heterocycles. The molecule has 4 rings (SSSR count). The van der Waals surface area contributed by atoms with Gasteiger partial charge < -0.3 is 14.6 Å². The summed E-state index contributed by atoms with van der Waals surface area (Å²) in [6, 6.07) is 16.8. The van der Waals surface area contributed by atoms with Gasteiger partial charge in [-0.05, 0) is 77.9 Å². The Hall–Kier alpha value is -4.39. The van der Waals surface area contributed by atoms with E-state index in [2.05, 4.69) is 0 Å². The van der Waals surface area contributed by atoms with Gasteiger partial charge in [0, 0.05) is 18.2 Å². The number of aliphatic hydroxyl groups is 1. The fraction of sp³-hybridized carbons (Fsp3) is 0.281. The molecule has 0 saturated carbocycles. The Morgan fingerprint density at radius 3 is 2.21 bits per heavy atom. The molecule has 1 heterocycles. The minimum atomic E-state index is -0.896. The van der Waals surface area contributed by atoms with Gasteiger partial charge in [-0.15, -0.1) is 0 Å². The molecule has 7 nitrogen and oxygen atoms in total. The predicted molar refractivity (Wildman–Crippen MR) is 150 cm³/mol. The number of aliphatic hydroxyl groups excluding tert-OH is 1. The van der Waals surface area contributed by atoms with Crippen LogP contribution in [0.1, 0.15) is 67.5 Å². The van der Waals surface area contributed by atoms with Crippen molar-refractivity contribution in [1.29, 1.82) is 0 Å². The largest absolute Gasteiger partial charge is 0.507 e. The van der Waals surface area contributed by atoms with Gasteiger partial charge >= 0.3 is 5.97 Å². The van der Waals surface area contributed by atoms with E-state index in [0.29, 0.717) is 33.9 Å². The lowest BCUT2D eigenvalue weighted by Crippen LogP contribution is -2.29. The molecule has 0 aliphatic carbocycles. The maximum atomic E-state index is 13.6. The van der Waals surface area contributed by atoms with Crippen molar-refractivity contribution in [2.75, 3.05) is 12.0 Å². The van der Waals surface area contributed by atoms with Crippen LogP contribution in [0, 0.1) is 6.92 Å². The van der Waals surface area contributed by atoms with E-state index in [9.17, 15) is 19.5 Å². The Balaban J connectivity index is 1.94. The van der Waals surface area contributed by atoms with Crippen LogP contribution in [-0.2, 0) is 20.8 Å². The first-order valence-electron chi connectivity index (χ1n) is 12.9. The number of methoxy groups -OCH3 is 1. The molecule has 39 heavy (non-hydrogen) atoms. The van der Waals surface area contributed by atoms with E-state index >= 15 is 0 Å². The highest BCUT2D eigenvalue weighted by Gasteiger charge is 2.47. The standard InChI is InChI=1S/C32H33NO6/c1-7-21-8-12-23(13-9-21)33-29(22-10-14-24(15-11-22)39-20(5)34)28(31(36)32(33)37)30(35)26-17-25(18(2)3)27(38-6)16-19(26)4/h8-18,29,35H,7H2,1-6H3/b30-28+. The molecule has 7 heteroatoms. The van der Waals surface area contributed by atoms with Gasteiger partial charge in [0.1, 0.15) is 17.3 Å². The van der Waals surface area contributed by atoms with Crippen LogP contribution in [-0.4, -0.2) is 29.9 Å². The van der Waals surface area contributed by atoms with Crippen LogP contribution in [0.15, 0.2) is 66.2 Å². The first-order valence-corrected chi connectivity index (χ1v) is 12.9. The smallest absolute Gasteiger partial charge is 0.308 e. The maximum Gasteiger partial charge on any atom is 0.308 e. The van der Waals surface area contributed by atoms with Crippen LogP contribution >= 0.6 is 0 Å². The summed E-state index contributed by atoms with van der Waals surface area (Å²) in [5.41, 5.74) is 4.24. The first-order chi connectivity index (χ1) is 18.6. The third kappa shape index (κ3) is 5.30. The van der Waals surface area contributed by atoms with Crippen LogP contribution in [0.25, 0.3) is 5.76 Å². The summed E-state index contributed by atoms with van der Waals surface area (Å²) in [5, 5.41) is 11.7. The summed E-state index contributed by atoms with van der Waals surface area (Å²) < 4.78 is 10.7. The summed E-state index contributed by atoms with van der Waals surface area (Å²) >= 11 is 0. The molecule has 1 N–H and O–H groups in total. The van der Waals surface area contributed by atoms with Crippen molar-refractivity contribution in [3.8, 4) is 11.5 Å². The summed E-state index contributed by atoms with van der Waals surface area (Å²) in [5.74, 6) is -1.10. The Labute approximate surface area is 228 Å². The van der Waals surface area contributed by atoms with Gasteiger partial charge in [0.05, 0.1) is 18.7 Å². The highest BCUT2D eigenvalue weighted by molar-refractivity contribution is 6.51. The summed E-state index contributed by atoms with van der Waals surface area (Å²) in [6.45, 7) is 9.20. The fourth-order valence-corrected chi connectivity index (χ4v) is 4.92. The zero-order valence-electron chi connectivity index (χ0n) is 23.1. The molecule has 1 amide bonds. The Morgan fingerprint density at radius 2 is 1.67 bits per heavy atom. The Kier molecular flexibility index (Phi) is 7.90. The molecule has 1 fully saturated rings. The number of esters is 1. The van der Waals surface area contributed by atoms with Crippen LogP contribution < -0.4 is 14.4 Å². The normalized spacial score (nSPS) is 16.6. The highest BCUT2D eigenvalue weighted by Crippen LogP contribution is 2.43. The number of nitrogens with zero attached hydrogens (tertiary/aromatic N) is 1. The van der Waals surface area contributed by atoms with Gasteiger partial charge in [-0.2, -0.15) is 0 Å². The average Bonchev–Trinajstić information content (AvgIpc) is 3.18. The lowest BCUT2D eigenvalue weighted by molar-refractivity contribution is -0.132. The van der Waals surface area contributed by atoms with Crippen LogP contribution in [0.3, 0.4) is 0 Å². The van der Waals surface area contributed by atoms with Gasteiger partial charge in [-0.1, -0.05) is 45.0 Å². The SMILES string of the molecule is CCc1ccc(N2C(=O)C(=O)/C(=C(/O)c3cc(C(C)C)c(OC)cc3C)C2c2ccc(OC(C)=O)cc2)cc1. The van der Waals surface area contributed by atoms with Gasteiger partial charge in [-0.3, -0.25) is 19.3 Å². The van der Waals surface area contributed by atoms with E-state index in [4.69, 9.17) is 9.47 Å². The molecular formula is C32H33NO6. The minimum Gasteiger partial charge on any atom is -0.507 e. The molecule has 0 aromatic heterocycles. The lowest BCUT2D eigenvalue weighted by Gasteiger charge is -2.26. The van der Waals surface area contributed by atoms with Crippen LogP contribution in [0.2, 0.25) is 0 Å². The van der Waals surface area contributed by atoms with Crippen molar-refractivity contribution in [2.24, 2.45) is 0 Å². The molecule has 0 spiro atoms. The lowest BCUT2D eigenvalue weighted by atomic mass is 9.91. The second-order valence-corrected chi connectivity index (χ2v) is 9.92. The van der Waals surface area contributed by atoms with E-state index in [1.54, 1.807) is 43.5 Å². The second kappa shape index (κ2) is 11.2. The van der Waals surface area contributed by atoms with Crippen molar-refractivity contribution < 1.29 is 29.0 Å². The third-order valence-electron chi connectivity index (χ3n) is 6.98. The number of ether oxygens (including phenoxy) is 2. The number of carbonyl (C=O) groups is 3. The van der Waals surface area contributed by atoms with E-state index < -0.39 is 23.7 Å². The van der Waals surface area contributed by atoms with E-state index in [1.165, 1.54) is 11.8 Å². The molecule has 1 atom stereocenters. The molecule has 0 bridgehead atoms. The van der Waals surface area contributed by atoms with E-state index in [1.807, 2.05) is 52.0 Å². The summed E-state index contributed by atoms with van der Waals surface area (Å²) in [7, 11) is 1.59. The number of anilines is 1. The molecule has 0 radical (unpaired) electrons. The van der Waals surface area contributed by atoms with Crippen LogP contribution in [0.5, 0.6) is 11.5 Å². The predicted octanol–water partition coefficient (Wildman–Crippen LogP) is 6.24. The van der Waals surface area contributed by atoms with Gasteiger partial charge in [0.25, 0.3) is 11.7 Å². The number of hydrogen-bond acceptors (Lipinski definition) is 6. The molecule has 3 aromatic carbocycles. The fourth-order valence-electron chi connectivity index (χ4n) is 4.92. The number of Topliss-reactive ketones (excluding diaryl/α,β-unsaturated/α-hetero) is 1. The van der Waals surface area contributed by atoms with E-state index in [-0.39, 0.29) is 17.3 Å². The van der Waals surface area contributed by atoms with Crippen molar-refractivity contribution in [1.82, 2.24) is 0 Å². The maximum absolute atomic E-state index is 13.6. The topological polar surface area (TPSA) is 93.1 Å². The van der Waals surface area contributed by atoms with Crippen LogP contribution in [0.4, 0.5) is 5.69 Å². The van der Waals surface area contributed by atoms with Gasteiger partial charge in [-0.25, -0.2) is 0 Å². The number of aryl methyl sites for hydroxylation is 2. The van der Waals surface area contributed by atoms with Gasteiger partial charge in [0.2, 0.25) is 0 Å². The van der Waals surface area contributed by atoms with Crippen molar-refractivity contribution in [3.05, 3.63) is 94.1 Å². The summed E-state index contributed by atoms with van der Waals surface area (Å²) in [6.07, 6.45) is 0.828. The third-order valence-corrected chi connectivity index (χ3v) is 6.98. The van der Waals surface area contributed by atoms with Crippen molar-refractivity contribution in [3.63, 3.8) is 0 Å². The number of amides is 1. The zero-order valence-corrected chi connectivity index (χ0v) is 23.1. The highest BCUT2D eigenvalue weighted by atomic mass is 16.5. The second-order valence-electron chi connectivity index (χ2n) is 9.92. The molecule has 1 aliphatic rings.